The first-order valence-corrected chi connectivity index (χ1v) is 5.94. The third kappa shape index (κ3) is 4.17. The van der Waals surface area contributed by atoms with Crippen LogP contribution in [0.2, 0.25) is 0 Å². The van der Waals surface area contributed by atoms with Gasteiger partial charge in [-0.15, -0.1) is 0 Å². The predicted molar refractivity (Wildman–Crippen MR) is 61.8 cm³/mol. The molecule has 0 radical (unpaired) electrons. The van der Waals surface area contributed by atoms with Crippen LogP contribution in [-0.4, -0.2) is 19.5 Å². The fourth-order valence-electron chi connectivity index (χ4n) is 2.23. The van der Waals surface area contributed by atoms with E-state index in [0.29, 0.717) is 11.7 Å². The summed E-state index contributed by atoms with van der Waals surface area (Å²) in [6.07, 6.45) is 9.18. The zero-order valence-electron chi connectivity index (χ0n) is 9.87. The lowest BCUT2D eigenvalue weighted by molar-refractivity contribution is -0.120. The van der Waals surface area contributed by atoms with Gasteiger partial charge in [0.25, 0.3) is 0 Å². The summed E-state index contributed by atoms with van der Waals surface area (Å²) in [6, 6.07) is 0. The Morgan fingerprint density at radius 1 is 1.47 bits per heavy atom. The van der Waals surface area contributed by atoms with Crippen molar-refractivity contribution in [1.82, 2.24) is 0 Å². The largest absolute Gasteiger partial charge is 0.385 e. The van der Waals surface area contributed by atoms with Gasteiger partial charge in [0.15, 0.2) is 0 Å². The molecule has 1 aliphatic carbocycles. The summed E-state index contributed by atoms with van der Waals surface area (Å²) in [5, 5.41) is 0. The number of methoxy groups -OCH3 is 1. The van der Waals surface area contributed by atoms with Crippen LogP contribution in [0.4, 0.5) is 0 Å². The van der Waals surface area contributed by atoms with Gasteiger partial charge in [-0.2, -0.15) is 0 Å². The highest BCUT2D eigenvalue weighted by molar-refractivity contribution is 5.83. The summed E-state index contributed by atoms with van der Waals surface area (Å²) in [4.78, 5) is 11.7. The average molecular weight is 210 g/mol. The molecule has 2 heteroatoms. The molecule has 0 N–H and O–H groups in total. The van der Waals surface area contributed by atoms with Crippen LogP contribution in [0.5, 0.6) is 0 Å². The van der Waals surface area contributed by atoms with Crippen molar-refractivity contribution in [3.8, 4) is 0 Å². The lowest BCUT2D eigenvalue weighted by atomic mass is 9.99. The maximum absolute atomic E-state index is 11.7. The molecule has 0 heterocycles. The molecule has 1 fully saturated rings. The normalized spacial score (nSPS) is 26.7. The SMILES string of the molecule is CC/C=C\CC1CC(CCOC)CC1=O. The number of carbonyl (C=O) groups excluding carboxylic acids is 1. The van der Waals surface area contributed by atoms with Crippen molar-refractivity contribution < 1.29 is 9.53 Å². The molecule has 0 aromatic rings. The van der Waals surface area contributed by atoms with Gasteiger partial charge < -0.3 is 4.74 Å². The third-order valence-electron chi connectivity index (χ3n) is 3.12. The topological polar surface area (TPSA) is 26.3 Å². The molecular weight excluding hydrogens is 188 g/mol. The molecule has 0 spiro atoms. The predicted octanol–water partition coefficient (Wildman–Crippen LogP) is 2.97. The van der Waals surface area contributed by atoms with Gasteiger partial charge in [-0.25, -0.2) is 0 Å². The van der Waals surface area contributed by atoms with Gasteiger partial charge in [-0.05, 0) is 31.6 Å². The van der Waals surface area contributed by atoms with E-state index >= 15 is 0 Å². The highest BCUT2D eigenvalue weighted by Gasteiger charge is 2.30. The smallest absolute Gasteiger partial charge is 0.136 e. The van der Waals surface area contributed by atoms with Gasteiger partial charge >= 0.3 is 0 Å². The minimum Gasteiger partial charge on any atom is -0.385 e. The van der Waals surface area contributed by atoms with E-state index < -0.39 is 0 Å². The molecule has 86 valence electrons. The number of ether oxygens (including phenoxy) is 1. The monoisotopic (exact) mass is 210 g/mol. The second-order valence-corrected chi connectivity index (χ2v) is 4.37. The Balaban J connectivity index is 2.29. The van der Waals surface area contributed by atoms with Crippen LogP contribution in [0.1, 0.15) is 39.0 Å². The molecule has 0 aromatic carbocycles. The van der Waals surface area contributed by atoms with E-state index in [9.17, 15) is 4.79 Å². The van der Waals surface area contributed by atoms with Crippen molar-refractivity contribution in [1.29, 1.82) is 0 Å². The molecule has 1 aliphatic rings. The Bertz CT molecular complexity index is 221. The number of hydrogen-bond acceptors (Lipinski definition) is 2. The van der Waals surface area contributed by atoms with Crippen molar-refractivity contribution >= 4 is 5.78 Å². The van der Waals surface area contributed by atoms with Crippen molar-refractivity contribution in [2.75, 3.05) is 13.7 Å². The number of allylic oxidation sites excluding steroid dienone is 2. The number of Topliss-reactive ketones (excluding diaryl/α,β-unsaturated/α-hetero) is 1. The van der Waals surface area contributed by atoms with Crippen LogP contribution < -0.4 is 0 Å². The second-order valence-electron chi connectivity index (χ2n) is 4.37. The highest BCUT2D eigenvalue weighted by Crippen LogP contribution is 2.32. The van der Waals surface area contributed by atoms with E-state index in [1.165, 1.54) is 0 Å². The number of carbonyl (C=O) groups is 1. The fourth-order valence-corrected chi connectivity index (χ4v) is 2.23. The Labute approximate surface area is 92.7 Å². The molecular formula is C13H22O2. The van der Waals surface area contributed by atoms with Crippen LogP contribution in [0, 0.1) is 11.8 Å². The number of rotatable bonds is 6. The first-order valence-electron chi connectivity index (χ1n) is 5.94. The molecule has 15 heavy (non-hydrogen) atoms. The van der Waals surface area contributed by atoms with Gasteiger partial charge in [-0.3, -0.25) is 4.79 Å². The van der Waals surface area contributed by atoms with E-state index in [1.54, 1.807) is 7.11 Å². The van der Waals surface area contributed by atoms with E-state index in [-0.39, 0.29) is 5.92 Å². The van der Waals surface area contributed by atoms with Crippen LogP contribution in [0.15, 0.2) is 12.2 Å². The van der Waals surface area contributed by atoms with E-state index in [0.717, 1.165) is 38.7 Å². The minimum absolute atomic E-state index is 0.287. The molecule has 2 atom stereocenters. The summed E-state index contributed by atoms with van der Waals surface area (Å²) < 4.78 is 5.05. The molecule has 0 aromatic heterocycles. The molecule has 1 rings (SSSR count). The van der Waals surface area contributed by atoms with Gasteiger partial charge in [0.2, 0.25) is 0 Å². The summed E-state index contributed by atoms with van der Waals surface area (Å²) >= 11 is 0. The number of ketones is 1. The number of hydrogen-bond donors (Lipinski definition) is 0. The highest BCUT2D eigenvalue weighted by atomic mass is 16.5. The van der Waals surface area contributed by atoms with Gasteiger partial charge in [0, 0.05) is 26.1 Å². The molecule has 2 unspecified atom stereocenters. The molecule has 0 bridgehead atoms. The van der Waals surface area contributed by atoms with Crippen LogP contribution in [0.3, 0.4) is 0 Å². The molecule has 1 saturated carbocycles. The lowest BCUT2D eigenvalue weighted by Crippen LogP contribution is -2.03. The van der Waals surface area contributed by atoms with Crippen molar-refractivity contribution in [3.63, 3.8) is 0 Å². The molecule has 0 amide bonds. The lowest BCUT2D eigenvalue weighted by Gasteiger charge is -2.07. The second kappa shape index (κ2) is 6.78. The average Bonchev–Trinajstić information content (AvgIpc) is 2.57. The summed E-state index contributed by atoms with van der Waals surface area (Å²) in [5.74, 6) is 1.31. The third-order valence-corrected chi connectivity index (χ3v) is 3.12. The van der Waals surface area contributed by atoms with E-state index in [1.807, 2.05) is 0 Å². The molecule has 2 nitrogen and oxygen atoms in total. The first kappa shape index (κ1) is 12.4. The Morgan fingerprint density at radius 2 is 2.27 bits per heavy atom. The van der Waals surface area contributed by atoms with Crippen molar-refractivity contribution in [3.05, 3.63) is 12.2 Å². The van der Waals surface area contributed by atoms with Crippen molar-refractivity contribution in [2.24, 2.45) is 11.8 Å². The minimum atomic E-state index is 0.287. The maximum Gasteiger partial charge on any atom is 0.136 e. The molecule has 0 aliphatic heterocycles. The zero-order chi connectivity index (χ0) is 11.1. The summed E-state index contributed by atoms with van der Waals surface area (Å²) in [6.45, 7) is 2.91. The van der Waals surface area contributed by atoms with Crippen molar-refractivity contribution in [2.45, 2.75) is 39.0 Å². The van der Waals surface area contributed by atoms with Crippen LogP contribution in [0.25, 0.3) is 0 Å². The standard InChI is InChI=1S/C13H22O2/c1-3-4-5-6-12-9-11(7-8-15-2)10-13(12)14/h4-5,11-12H,3,6-10H2,1-2H3/b5-4-. The van der Waals surface area contributed by atoms with E-state index in [4.69, 9.17) is 4.74 Å². The van der Waals surface area contributed by atoms with Crippen LogP contribution >= 0.6 is 0 Å². The summed E-state index contributed by atoms with van der Waals surface area (Å²) in [7, 11) is 1.72. The Kier molecular flexibility index (Phi) is 5.62. The van der Waals surface area contributed by atoms with Crippen LogP contribution in [-0.2, 0) is 9.53 Å². The zero-order valence-corrected chi connectivity index (χ0v) is 9.87. The Morgan fingerprint density at radius 3 is 2.93 bits per heavy atom. The Hall–Kier alpha value is -0.630. The fraction of sp³-hybridized carbons (Fsp3) is 0.769. The van der Waals surface area contributed by atoms with Gasteiger partial charge in [-0.1, -0.05) is 19.1 Å². The maximum atomic E-state index is 11.7. The van der Waals surface area contributed by atoms with Gasteiger partial charge in [0.1, 0.15) is 5.78 Å². The summed E-state index contributed by atoms with van der Waals surface area (Å²) in [5.41, 5.74) is 0. The molecule has 0 saturated heterocycles. The quantitative estimate of drug-likeness (QED) is 0.630. The first-order chi connectivity index (χ1) is 7.27. The van der Waals surface area contributed by atoms with Gasteiger partial charge in [0.05, 0.1) is 0 Å². The van der Waals surface area contributed by atoms with E-state index in [2.05, 4.69) is 19.1 Å².